The van der Waals surface area contributed by atoms with Crippen molar-refractivity contribution in [3.05, 3.63) is 60.2 Å². The van der Waals surface area contributed by atoms with Crippen molar-refractivity contribution in [3.63, 3.8) is 0 Å². The first-order chi connectivity index (χ1) is 13.7. The van der Waals surface area contributed by atoms with Gasteiger partial charge in [0.05, 0.1) is 0 Å². The summed E-state index contributed by atoms with van der Waals surface area (Å²) in [7, 11) is 4.20. The predicted octanol–water partition coefficient (Wildman–Crippen LogP) is 5.36. The minimum absolute atomic E-state index is 0.590. The second-order valence-electron chi connectivity index (χ2n) is 8.77. The normalized spacial score (nSPS) is 24.1. The first-order valence-electron chi connectivity index (χ1n) is 11.0. The Morgan fingerprint density at radius 3 is 2.36 bits per heavy atom. The molecule has 2 atom stereocenters. The van der Waals surface area contributed by atoms with E-state index in [2.05, 4.69) is 83.8 Å². The van der Waals surface area contributed by atoms with E-state index in [0.29, 0.717) is 6.04 Å². The topological polar surface area (TPSA) is 18.5 Å². The Hall–Kier alpha value is -2.00. The molecule has 150 valence electrons. The van der Waals surface area contributed by atoms with Crippen LogP contribution in [0.2, 0.25) is 0 Å². The highest BCUT2D eigenvalue weighted by molar-refractivity contribution is 5.57. The van der Waals surface area contributed by atoms with E-state index in [1.807, 2.05) is 0 Å². The van der Waals surface area contributed by atoms with E-state index >= 15 is 0 Å². The van der Waals surface area contributed by atoms with Gasteiger partial charge in [0.1, 0.15) is 0 Å². The van der Waals surface area contributed by atoms with E-state index in [1.165, 1.54) is 63.0 Å². The molecule has 0 amide bonds. The zero-order valence-electron chi connectivity index (χ0n) is 17.5. The average molecular weight is 378 g/mol. The monoisotopic (exact) mass is 377 g/mol. The summed E-state index contributed by atoms with van der Waals surface area (Å²) in [6.07, 6.45) is 7.97. The molecule has 0 unspecified atom stereocenters. The SMILES string of the molecule is CN(C)c1cccc(NC2CCN([C@@H]3CCCC[C@@H]3c3ccccc3)CC2)c1. The molecule has 4 rings (SSSR count). The number of benzene rings is 2. The lowest BCUT2D eigenvalue weighted by molar-refractivity contribution is 0.109. The number of anilines is 2. The Kier molecular flexibility index (Phi) is 6.21. The number of hydrogen-bond acceptors (Lipinski definition) is 3. The van der Waals surface area contributed by atoms with Crippen molar-refractivity contribution in [2.75, 3.05) is 37.4 Å². The lowest BCUT2D eigenvalue weighted by Crippen LogP contribution is -2.47. The van der Waals surface area contributed by atoms with Crippen LogP contribution in [0.4, 0.5) is 11.4 Å². The molecule has 2 aromatic carbocycles. The molecule has 1 aliphatic heterocycles. The van der Waals surface area contributed by atoms with Crippen molar-refractivity contribution in [3.8, 4) is 0 Å². The smallest absolute Gasteiger partial charge is 0.0381 e. The number of nitrogens with one attached hydrogen (secondary N) is 1. The summed E-state index contributed by atoms with van der Waals surface area (Å²) < 4.78 is 0. The van der Waals surface area contributed by atoms with E-state index in [-0.39, 0.29) is 0 Å². The van der Waals surface area contributed by atoms with Crippen LogP contribution in [-0.4, -0.2) is 44.2 Å². The Bertz CT molecular complexity index is 734. The quantitative estimate of drug-likeness (QED) is 0.757. The Morgan fingerprint density at radius 1 is 0.857 bits per heavy atom. The van der Waals surface area contributed by atoms with Crippen LogP contribution in [0.5, 0.6) is 0 Å². The second kappa shape index (κ2) is 9.00. The van der Waals surface area contributed by atoms with E-state index in [4.69, 9.17) is 0 Å². The molecule has 28 heavy (non-hydrogen) atoms. The number of likely N-dealkylation sites (tertiary alicyclic amines) is 1. The van der Waals surface area contributed by atoms with Crippen molar-refractivity contribution < 1.29 is 0 Å². The molecule has 0 bridgehead atoms. The van der Waals surface area contributed by atoms with Crippen LogP contribution in [0.3, 0.4) is 0 Å². The highest BCUT2D eigenvalue weighted by Crippen LogP contribution is 2.37. The largest absolute Gasteiger partial charge is 0.382 e. The van der Waals surface area contributed by atoms with Crippen molar-refractivity contribution in [2.24, 2.45) is 0 Å². The first-order valence-corrected chi connectivity index (χ1v) is 11.0. The standard InChI is InChI=1S/C25H35N3/c1-27(2)23-12-8-11-22(19-23)26-21-15-17-28(18-16-21)25-14-7-6-13-24(25)20-9-4-3-5-10-20/h3-5,8-12,19,21,24-26H,6-7,13-18H2,1-2H3/t24-,25-/m1/s1. The molecular weight excluding hydrogens is 342 g/mol. The lowest BCUT2D eigenvalue weighted by atomic mass is 9.78. The fourth-order valence-corrected chi connectivity index (χ4v) is 5.12. The van der Waals surface area contributed by atoms with Crippen molar-refractivity contribution in [1.82, 2.24) is 4.90 Å². The number of piperidine rings is 1. The van der Waals surface area contributed by atoms with Gasteiger partial charge in [0.25, 0.3) is 0 Å². The summed E-state index contributed by atoms with van der Waals surface area (Å²) >= 11 is 0. The molecule has 1 N–H and O–H groups in total. The molecule has 2 aromatic rings. The van der Waals surface area contributed by atoms with E-state index < -0.39 is 0 Å². The van der Waals surface area contributed by atoms with Gasteiger partial charge in [0.15, 0.2) is 0 Å². The highest BCUT2D eigenvalue weighted by Gasteiger charge is 2.33. The van der Waals surface area contributed by atoms with Crippen LogP contribution in [0.15, 0.2) is 54.6 Å². The average Bonchev–Trinajstić information content (AvgIpc) is 2.75. The van der Waals surface area contributed by atoms with Gasteiger partial charge in [-0.3, -0.25) is 4.90 Å². The van der Waals surface area contributed by atoms with Crippen molar-refractivity contribution >= 4 is 11.4 Å². The number of nitrogens with zero attached hydrogens (tertiary/aromatic N) is 2. The van der Waals surface area contributed by atoms with Crippen LogP contribution in [0.1, 0.15) is 50.0 Å². The maximum atomic E-state index is 3.79. The second-order valence-corrected chi connectivity index (χ2v) is 8.77. The van der Waals surface area contributed by atoms with Gasteiger partial charge in [-0.2, -0.15) is 0 Å². The van der Waals surface area contributed by atoms with Crippen LogP contribution in [0.25, 0.3) is 0 Å². The molecular formula is C25H35N3. The maximum Gasteiger partial charge on any atom is 0.0381 e. The van der Waals surface area contributed by atoms with Crippen LogP contribution in [0, 0.1) is 0 Å². The third-order valence-electron chi connectivity index (χ3n) is 6.69. The maximum absolute atomic E-state index is 3.79. The highest BCUT2D eigenvalue weighted by atomic mass is 15.2. The molecule has 0 spiro atoms. The fraction of sp³-hybridized carbons (Fsp3) is 0.520. The lowest BCUT2D eigenvalue weighted by Gasteiger charge is -2.44. The molecule has 1 heterocycles. The number of hydrogen-bond donors (Lipinski definition) is 1. The van der Waals surface area contributed by atoms with Gasteiger partial charge >= 0.3 is 0 Å². The molecule has 3 heteroatoms. The van der Waals surface area contributed by atoms with Gasteiger partial charge in [0, 0.05) is 50.6 Å². The van der Waals surface area contributed by atoms with E-state index in [1.54, 1.807) is 5.56 Å². The summed E-state index contributed by atoms with van der Waals surface area (Å²) in [5, 5.41) is 3.79. The van der Waals surface area contributed by atoms with Gasteiger partial charge in [0.2, 0.25) is 0 Å². The Balaban J connectivity index is 1.36. The van der Waals surface area contributed by atoms with Crippen LogP contribution in [-0.2, 0) is 0 Å². The third-order valence-corrected chi connectivity index (χ3v) is 6.69. The summed E-state index contributed by atoms with van der Waals surface area (Å²) in [6.45, 7) is 2.44. The summed E-state index contributed by atoms with van der Waals surface area (Å²) in [5.41, 5.74) is 4.06. The van der Waals surface area contributed by atoms with Gasteiger partial charge in [-0.1, -0.05) is 49.2 Å². The van der Waals surface area contributed by atoms with E-state index in [0.717, 1.165) is 12.0 Å². The van der Waals surface area contributed by atoms with Crippen molar-refractivity contribution in [2.45, 2.75) is 56.5 Å². The number of rotatable bonds is 5. The molecule has 1 saturated carbocycles. The van der Waals surface area contributed by atoms with Gasteiger partial charge in [-0.15, -0.1) is 0 Å². The summed E-state index contributed by atoms with van der Waals surface area (Å²) in [5.74, 6) is 0.719. The molecule has 0 aromatic heterocycles. The fourth-order valence-electron chi connectivity index (χ4n) is 5.12. The molecule has 3 nitrogen and oxygen atoms in total. The van der Waals surface area contributed by atoms with Gasteiger partial charge in [-0.05, 0) is 55.4 Å². The third kappa shape index (κ3) is 4.52. The van der Waals surface area contributed by atoms with Crippen LogP contribution < -0.4 is 10.2 Å². The Labute approximate surface area is 170 Å². The predicted molar refractivity (Wildman–Crippen MR) is 120 cm³/mol. The minimum Gasteiger partial charge on any atom is -0.382 e. The zero-order chi connectivity index (χ0) is 19.3. The van der Waals surface area contributed by atoms with Gasteiger partial charge < -0.3 is 10.2 Å². The molecule has 2 fully saturated rings. The van der Waals surface area contributed by atoms with E-state index in [9.17, 15) is 0 Å². The van der Waals surface area contributed by atoms with Crippen LogP contribution >= 0.6 is 0 Å². The summed E-state index contributed by atoms with van der Waals surface area (Å²) in [6, 6.07) is 21.3. The zero-order valence-corrected chi connectivity index (χ0v) is 17.5. The molecule has 0 radical (unpaired) electrons. The molecule has 1 aliphatic carbocycles. The minimum atomic E-state index is 0.590. The summed E-state index contributed by atoms with van der Waals surface area (Å²) in [4.78, 5) is 4.96. The molecule has 1 saturated heterocycles. The first kappa shape index (κ1) is 19.3. The van der Waals surface area contributed by atoms with Crippen molar-refractivity contribution in [1.29, 1.82) is 0 Å². The Morgan fingerprint density at radius 2 is 1.61 bits per heavy atom. The van der Waals surface area contributed by atoms with Gasteiger partial charge in [-0.25, -0.2) is 0 Å². The molecule has 2 aliphatic rings.